The van der Waals surface area contributed by atoms with Gasteiger partial charge in [0.15, 0.2) is 0 Å². The van der Waals surface area contributed by atoms with Crippen LogP contribution >= 0.6 is 7.75 Å². The van der Waals surface area contributed by atoms with Crippen LogP contribution in [-0.2, 0) is 23.4 Å². The number of benzene rings is 1. The molecule has 0 amide bonds. The fraction of sp³-hybridized carbons (Fsp3) is 0.542. The minimum absolute atomic E-state index is 0.238. The zero-order chi connectivity index (χ0) is 28.3. The zero-order valence-corrected chi connectivity index (χ0v) is 23.1. The second kappa shape index (κ2) is 12.0. The molecule has 0 bridgehead atoms. The van der Waals surface area contributed by atoms with E-state index in [-0.39, 0.29) is 11.9 Å². The number of rotatable bonds is 11. The van der Waals surface area contributed by atoms with Gasteiger partial charge in [-0.15, -0.1) is 0 Å². The molecule has 0 spiro atoms. The number of hydrogen-bond acceptors (Lipinski definition) is 9. The maximum absolute atomic E-state index is 13.8. The van der Waals surface area contributed by atoms with Crippen LogP contribution in [0.2, 0.25) is 12.1 Å². The molecule has 1 saturated heterocycles. The highest BCUT2D eigenvalue weighted by molar-refractivity contribution is 7.52. The first-order valence-electron chi connectivity index (χ1n) is 12.2. The Hall–Kier alpha value is -2.70. The van der Waals surface area contributed by atoms with Crippen LogP contribution in [0, 0.1) is 6.92 Å². The predicted octanol–water partition coefficient (Wildman–Crippen LogP) is 2.17. The molecule has 1 fully saturated rings. The van der Waals surface area contributed by atoms with Crippen LogP contribution in [0.15, 0.2) is 46.1 Å². The number of H-pyrrole nitrogens is 1. The third kappa shape index (κ3) is 6.84. The number of aromatic amines is 1. The molecule has 2 heterocycles. The summed E-state index contributed by atoms with van der Waals surface area (Å²) in [6, 6.07) is 6.90. The van der Waals surface area contributed by atoms with E-state index in [0.717, 1.165) is 10.1 Å². The number of esters is 1. The van der Waals surface area contributed by atoms with E-state index in [2.05, 4.69) is 10.1 Å². The van der Waals surface area contributed by atoms with E-state index < -0.39 is 61.4 Å². The van der Waals surface area contributed by atoms with Crippen molar-refractivity contribution in [2.75, 3.05) is 6.61 Å². The van der Waals surface area contributed by atoms with Crippen LogP contribution in [0.25, 0.3) is 0 Å². The maximum atomic E-state index is 13.8. The third-order valence-electron chi connectivity index (χ3n) is 6.23. The summed E-state index contributed by atoms with van der Waals surface area (Å²) in [4.78, 5) is 38.5. The molecule has 0 saturated carbocycles. The summed E-state index contributed by atoms with van der Waals surface area (Å²) in [6.07, 6.45) is -2.34. The lowest BCUT2D eigenvalue weighted by atomic mass is 9.51. The molecule has 6 atom stereocenters. The summed E-state index contributed by atoms with van der Waals surface area (Å²) in [5, 5.41) is 12.7. The number of aliphatic hydroxyl groups excluding tert-OH is 1. The smallest absolute Gasteiger partial charge is 0.459 e. The van der Waals surface area contributed by atoms with Crippen molar-refractivity contribution in [3.05, 3.63) is 62.9 Å². The maximum Gasteiger partial charge on any atom is 0.459 e. The van der Waals surface area contributed by atoms with Gasteiger partial charge >= 0.3 is 19.4 Å². The first-order valence-corrected chi connectivity index (χ1v) is 13.8. The predicted molar refractivity (Wildman–Crippen MR) is 140 cm³/mol. The van der Waals surface area contributed by atoms with E-state index >= 15 is 0 Å². The molecular formula is C24H34BN3O9P. The van der Waals surface area contributed by atoms with E-state index in [4.69, 9.17) is 18.5 Å². The minimum atomic E-state index is -4.22. The van der Waals surface area contributed by atoms with Crippen molar-refractivity contribution in [2.24, 2.45) is 0 Å². The Kier molecular flexibility index (Phi) is 9.43. The fourth-order valence-corrected chi connectivity index (χ4v) is 5.54. The molecule has 14 heteroatoms. The van der Waals surface area contributed by atoms with Gasteiger partial charge in [-0.05, 0) is 45.4 Å². The number of aliphatic hydroxyl groups is 1. The van der Waals surface area contributed by atoms with E-state index in [1.54, 1.807) is 53.1 Å². The zero-order valence-electron chi connectivity index (χ0n) is 22.2. The van der Waals surface area contributed by atoms with Crippen LogP contribution in [0.1, 0.15) is 39.5 Å². The average Bonchev–Trinajstić information content (AvgIpc) is 3.08. The number of nitrogens with one attached hydrogen (secondary N) is 2. The van der Waals surface area contributed by atoms with Gasteiger partial charge < -0.3 is 19.1 Å². The second-order valence-corrected chi connectivity index (χ2v) is 11.4. The summed E-state index contributed by atoms with van der Waals surface area (Å²) in [5.74, 6) is -0.415. The number of aromatic nitrogens is 2. The number of ether oxygens (including phenoxy) is 2. The van der Waals surface area contributed by atoms with Crippen molar-refractivity contribution >= 4 is 21.0 Å². The molecule has 1 aliphatic rings. The Morgan fingerprint density at radius 3 is 2.63 bits per heavy atom. The van der Waals surface area contributed by atoms with Crippen LogP contribution in [0.4, 0.5) is 0 Å². The van der Waals surface area contributed by atoms with Gasteiger partial charge in [0.1, 0.15) is 31.4 Å². The van der Waals surface area contributed by atoms with Gasteiger partial charge in [0, 0.05) is 17.6 Å². The Bertz CT molecular complexity index is 1300. The van der Waals surface area contributed by atoms with Gasteiger partial charge in [-0.3, -0.25) is 23.7 Å². The van der Waals surface area contributed by atoms with E-state index in [1.165, 1.54) is 19.2 Å². The van der Waals surface area contributed by atoms with Crippen LogP contribution in [-0.4, -0.2) is 58.9 Å². The van der Waals surface area contributed by atoms with Gasteiger partial charge in [-0.2, -0.15) is 5.09 Å². The second-order valence-electron chi connectivity index (χ2n) is 9.68. The highest BCUT2D eigenvalue weighted by atomic mass is 31.2. The highest BCUT2D eigenvalue weighted by Gasteiger charge is 2.53. The third-order valence-corrected chi connectivity index (χ3v) is 7.88. The Labute approximate surface area is 221 Å². The van der Waals surface area contributed by atoms with Gasteiger partial charge in [-0.25, -0.2) is 9.36 Å². The first-order chi connectivity index (χ1) is 17.8. The van der Waals surface area contributed by atoms with Crippen LogP contribution in [0.3, 0.4) is 0 Å². The number of hydrogen-bond donors (Lipinski definition) is 3. The highest BCUT2D eigenvalue weighted by Crippen LogP contribution is 2.52. The van der Waals surface area contributed by atoms with E-state index in [1.807, 2.05) is 13.0 Å². The van der Waals surface area contributed by atoms with Crippen molar-refractivity contribution in [3.63, 3.8) is 0 Å². The lowest BCUT2D eigenvalue weighted by Gasteiger charge is -2.31. The van der Waals surface area contributed by atoms with Gasteiger partial charge in [0.05, 0.1) is 18.8 Å². The average molecular weight is 550 g/mol. The van der Waals surface area contributed by atoms with Crippen molar-refractivity contribution < 1.29 is 33.0 Å². The molecule has 207 valence electrons. The molecule has 12 nitrogen and oxygen atoms in total. The van der Waals surface area contributed by atoms with Gasteiger partial charge in [0.25, 0.3) is 5.56 Å². The van der Waals surface area contributed by atoms with E-state index in [0.29, 0.717) is 0 Å². The standard InChI is InChI=1S/C24H34BN3O9P/c1-14(2)35-21(31)16(4)27-38(33,37-17-9-7-8-15(3)12-17)34-13-18-20(30)24(5,25-6)22(36-18)28-11-10-19(29)26-23(28)32/h7-12,14,16,18,20,22,30H,13H2,1-6H3,(H,27,33)(H,26,29,32)/t16-,18+,20+,22+,24+,38?/m0/s1. The summed E-state index contributed by atoms with van der Waals surface area (Å²) in [5.41, 5.74) is -0.437. The Morgan fingerprint density at radius 2 is 2.03 bits per heavy atom. The Morgan fingerprint density at radius 1 is 1.32 bits per heavy atom. The largest absolute Gasteiger partial charge is 0.462 e. The van der Waals surface area contributed by atoms with Crippen molar-refractivity contribution in [3.8, 4) is 5.75 Å². The molecule has 1 unspecified atom stereocenters. The summed E-state index contributed by atoms with van der Waals surface area (Å²) in [7, 11) is -2.53. The van der Waals surface area contributed by atoms with Crippen molar-refractivity contribution in [2.45, 2.75) is 77.3 Å². The lowest BCUT2D eigenvalue weighted by molar-refractivity contribution is -0.149. The molecule has 1 radical (unpaired) electrons. The quantitative estimate of drug-likeness (QED) is 0.215. The number of carbonyl (C=O) groups is 1. The topological polar surface area (TPSA) is 158 Å². The molecule has 1 aromatic heterocycles. The molecule has 1 aliphatic heterocycles. The molecule has 1 aromatic carbocycles. The molecule has 3 N–H and O–H groups in total. The summed E-state index contributed by atoms with van der Waals surface area (Å²) >= 11 is 0. The van der Waals surface area contributed by atoms with Crippen LogP contribution < -0.4 is 20.9 Å². The molecule has 2 aromatic rings. The van der Waals surface area contributed by atoms with Crippen molar-refractivity contribution in [1.29, 1.82) is 0 Å². The van der Waals surface area contributed by atoms with Crippen molar-refractivity contribution in [1.82, 2.24) is 14.6 Å². The summed E-state index contributed by atoms with van der Waals surface area (Å²) in [6.45, 7) is 9.64. The molecule has 38 heavy (non-hydrogen) atoms. The molecule has 0 aliphatic carbocycles. The SMILES string of the molecule is C[B][C@]1(C)[C@H](O)[C@@H](COP(=O)(N[C@@H](C)C(=O)OC(C)C)Oc2cccc(C)c2)O[C@H]1n1ccc(=O)[nH]c1=O. The van der Waals surface area contributed by atoms with E-state index in [9.17, 15) is 24.1 Å². The number of carbonyl (C=O) groups excluding carboxylic acids is 1. The van der Waals surface area contributed by atoms with Crippen LogP contribution in [0.5, 0.6) is 5.75 Å². The lowest BCUT2D eigenvalue weighted by Crippen LogP contribution is -2.40. The molecule has 3 rings (SSSR count). The number of aryl methyl sites for hydroxylation is 1. The van der Waals surface area contributed by atoms with Gasteiger partial charge in [-0.1, -0.05) is 25.9 Å². The monoisotopic (exact) mass is 550 g/mol. The Balaban J connectivity index is 1.85. The number of nitrogens with zero attached hydrogens (tertiary/aromatic N) is 1. The normalized spacial score (nSPS) is 25.5. The first kappa shape index (κ1) is 29.9. The minimum Gasteiger partial charge on any atom is -0.462 e. The molecular weight excluding hydrogens is 516 g/mol. The fourth-order valence-electron chi connectivity index (χ4n) is 4.05. The van der Waals surface area contributed by atoms with Gasteiger partial charge in [0.2, 0.25) is 0 Å². The summed E-state index contributed by atoms with van der Waals surface area (Å²) < 4.78 is 37.6.